The first-order chi connectivity index (χ1) is 12.7. The summed E-state index contributed by atoms with van der Waals surface area (Å²) in [5.41, 5.74) is 3.59. The van der Waals surface area contributed by atoms with E-state index >= 15 is 0 Å². The number of pyridine rings is 1. The van der Waals surface area contributed by atoms with Crippen molar-refractivity contribution in [1.29, 1.82) is 0 Å². The predicted molar refractivity (Wildman–Crippen MR) is 99.4 cm³/mol. The number of hydrogen-bond donors (Lipinski definition) is 1. The molecule has 0 aliphatic rings. The molecule has 26 heavy (non-hydrogen) atoms. The fraction of sp³-hybridized carbons (Fsp3) is 0.150. The van der Waals surface area contributed by atoms with Crippen LogP contribution in [0.5, 0.6) is 0 Å². The lowest BCUT2D eigenvalue weighted by atomic mass is 10.1. The van der Waals surface area contributed by atoms with E-state index in [0.29, 0.717) is 0 Å². The summed E-state index contributed by atoms with van der Waals surface area (Å²) in [7, 11) is 0. The Morgan fingerprint density at radius 3 is 2.58 bits per heavy atom. The van der Waals surface area contributed by atoms with Gasteiger partial charge in [-0.3, -0.25) is 4.98 Å². The standard InChI is InChI=1S/C20H18FN5/c1-14(12-15-6-9-22-10-7-15)24-20-13-18(16-2-4-17(21)5-3-16)25-19-8-11-23-26(19)20/h2-11,13-14,24H,12H2,1H3/t14-/m1/s1. The zero-order valence-electron chi connectivity index (χ0n) is 14.3. The fourth-order valence-electron chi connectivity index (χ4n) is 2.96. The maximum Gasteiger partial charge on any atom is 0.157 e. The van der Waals surface area contributed by atoms with Crippen LogP contribution < -0.4 is 5.32 Å². The zero-order valence-corrected chi connectivity index (χ0v) is 14.3. The first-order valence-electron chi connectivity index (χ1n) is 8.45. The Kier molecular flexibility index (Phi) is 4.31. The molecule has 1 aromatic carbocycles. The van der Waals surface area contributed by atoms with Gasteiger partial charge < -0.3 is 5.32 Å². The van der Waals surface area contributed by atoms with Gasteiger partial charge in [-0.15, -0.1) is 0 Å². The summed E-state index contributed by atoms with van der Waals surface area (Å²) in [5, 5.41) is 7.86. The average Bonchev–Trinajstić information content (AvgIpc) is 3.12. The molecule has 0 saturated carbocycles. The first-order valence-corrected chi connectivity index (χ1v) is 8.45. The van der Waals surface area contributed by atoms with Crippen LogP contribution in [0.2, 0.25) is 0 Å². The molecule has 0 spiro atoms. The topological polar surface area (TPSA) is 55.1 Å². The SMILES string of the molecule is C[C@H](Cc1ccncc1)Nc1cc(-c2ccc(F)cc2)nc2ccnn12. The maximum atomic E-state index is 13.2. The number of aromatic nitrogens is 4. The highest BCUT2D eigenvalue weighted by atomic mass is 19.1. The van der Waals surface area contributed by atoms with Crippen molar-refractivity contribution in [2.75, 3.05) is 5.32 Å². The smallest absolute Gasteiger partial charge is 0.157 e. The van der Waals surface area contributed by atoms with E-state index in [1.54, 1.807) is 35.2 Å². The van der Waals surface area contributed by atoms with Gasteiger partial charge in [0.05, 0.1) is 11.9 Å². The van der Waals surface area contributed by atoms with Crippen LogP contribution in [0.25, 0.3) is 16.9 Å². The summed E-state index contributed by atoms with van der Waals surface area (Å²) >= 11 is 0. The second-order valence-corrected chi connectivity index (χ2v) is 6.24. The molecule has 0 aliphatic carbocycles. The van der Waals surface area contributed by atoms with E-state index in [-0.39, 0.29) is 11.9 Å². The lowest BCUT2D eigenvalue weighted by Crippen LogP contribution is -2.20. The number of halogens is 1. The molecule has 0 radical (unpaired) electrons. The van der Waals surface area contributed by atoms with E-state index in [0.717, 1.165) is 29.1 Å². The highest BCUT2D eigenvalue weighted by Gasteiger charge is 2.11. The Hall–Kier alpha value is -3.28. The minimum absolute atomic E-state index is 0.188. The molecule has 0 amide bonds. The largest absolute Gasteiger partial charge is 0.367 e. The van der Waals surface area contributed by atoms with Crippen molar-refractivity contribution in [3.8, 4) is 11.3 Å². The van der Waals surface area contributed by atoms with Crippen molar-refractivity contribution >= 4 is 11.5 Å². The Bertz CT molecular complexity index is 1010. The number of hydrogen-bond acceptors (Lipinski definition) is 4. The summed E-state index contributed by atoms with van der Waals surface area (Å²) in [4.78, 5) is 8.67. The number of anilines is 1. The monoisotopic (exact) mass is 347 g/mol. The highest BCUT2D eigenvalue weighted by Crippen LogP contribution is 2.23. The van der Waals surface area contributed by atoms with Gasteiger partial charge in [-0.05, 0) is 55.3 Å². The summed E-state index contributed by atoms with van der Waals surface area (Å²) in [6.45, 7) is 2.12. The molecule has 1 N–H and O–H groups in total. The lowest BCUT2D eigenvalue weighted by molar-refractivity contribution is 0.628. The second-order valence-electron chi connectivity index (χ2n) is 6.24. The summed E-state index contributed by atoms with van der Waals surface area (Å²) < 4.78 is 15.0. The van der Waals surface area contributed by atoms with Crippen molar-refractivity contribution in [3.05, 3.63) is 78.5 Å². The molecule has 5 nitrogen and oxygen atoms in total. The third-order valence-corrected chi connectivity index (χ3v) is 4.18. The van der Waals surface area contributed by atoms with Crippen LogP contribution in [0.3, 0.4) is 0 Å². The van der Waals surface area contributed by atoms with E-state index in [9.17, 15) is 4.39 Å². The molecule has 4 aromatic rings. The lowest BCUT2D eigenvalue weighted by Gasteiger charge is -2.17. The van der Waals surface area contributed by atoms with Crippen LogP contribution in [0.4, 0.5) is 10.2 Å². The van der Waals surface area contributed by atoms with Crippen molar-refractivity contribution in [3.63, 3.8) is 0 Å². The van der Waals surface area contributed by atoms with Gasteiger partial charge in [0.1, 0.15) is 11.6 Å². The number of fused-ring (bicyclic) bond motifs is 1. The van der Waals surface area contributed by atoms with Crippen molar-refractivity contribution in [1.82, 2.24) is 19.6 Å². The van der Waals surface area contributed by atoms with Crippen LogP contribution in [0.15, 0.2) is 67.1 Å². The van der Waals surface area contributed by atoms with Crippen LogP contribution in [-0.4, -0.2) is 25.6 Å². The Morgan fingerprint density at radius 1 is 1.04 bits per heavy atom. The minimum Gasteiger partial charge on any atom is -0.367 e. The third kappa shape index (κ3) is 3.39. The van der Waals surface area contributed by atoms with Crippen molar-refractivity contribution in [2.45, 2.75) is 19.4 Å². The Balaban J connectivity index is 1.65. The van der Waals surface area contributed by atoms with E-state index in [1.165, 1.54) is 17.7 Å². The van der Waals surface area contributed by atoms with Gasteiger partial charge in [0, 0.05) is 36.1 Å². The molecule has 130 valence electrons. The number of benzene rings is 1. The molecule has 4 rings (SSSR count). The average molecular weight is 347 g/mol. The quantitative estimate of drug-likeness (QED) is 0.593. The number of nitrogens with zero attached hydrogens (tertiary/aromatic N) is 4. The van der Waals surface area contributed by atoms with E-state index in [1.807, 2.05) is 24.3 Å². The molecule has 3 heterocycles. The van der Waals surface area contributed by atoms with Gasteiger partial charge in [0.2, 0.25) is 0 Å². The molecule has 0 fully saturated rings. The molecule has 0 aliphatic heterocycles. The molecular formula is C20H18FN5. The normalized spacial score (nSPS) is 12.2. The minimum atomic E-state index is -0.261. The molecule has 3 aromatic heterocycles. The molecule has 0 saturated heterocycles. The molecule has 0 unspecified atom stereocenters. The third-order valence-electron chi connectivity index (χ3n) is 4.18. The number of rotatable bonds is 5. The van der Waals surface area contributed by atoms with Crippen LogP contribution in [-0.2, 0) is 6.42 Å². The van der Waals surface area contributed by atoms with Crippen molar-refractivity contribution < 1.29 is 4.39 Å². The molecule has 1 atom stereocenters. The van der Waals surface area contributed by atoms with E-state index in [2.05, 4.69) is 27.3 Å². The van der Waals surface area contributed by atoms with E-state index < -0.39 is 0 Å². The Morgan fingerprint density at radius 2 is 1.81 bits per heavy atom. The summed E-state index contributed by atoms with van der Waals surface area (Å²) in [6.07, 6.45) is 6.18. The summed E-state index contributed by atoms with van der Waals surface area (Å²) in [6, 6.07) is 14.4. The van der Waals surface area contributed by atoms with Crippen LogP contribution >= 0.6 is 0 Å². The van der Waals surface area contributed by atoms with Crippen molar-refractivity contribution in [2.24, 2.45) is 0 Å². The molecule has 6 heteroatoms. The van der Waals surface area contributed by atoms with Gasteiger partial charge in [-0.2, -0.15) is 9.61 Å². The molecular weight excluding hydrogens is 329 g/mol. The van der Waals surface area contributed by atoms with Gasteiger partial charge in [0.25, 0.3) is 0 Å². The van der Waals surface area contributed by atoms with Gasteiger partial charge in [-0.1, -0.05) is 0 Å². The second kappa shape index (κ2) is 6.92. The van der Waals surface area contributed by atoms with E-state index in [4.69, 9.17) is 0 Å². The first kappa shape index (κ1) is 16.2. The van der Waals surface area contributed by atoms with Gasteiger partial charge in [0.15, 0.2) is 5.65 Å². The van der Waals surface area contributed by atoms with Gasteiger partial charge in [-0.25, -0.2) is 9.37 Å². The maximum absolute atomic E-state index is 13.2. The van der Waals surface area contributed by atoms with Gasteiger partial charge >= 0.3 is 0 Å². The fourth-order valence-corrected chi connectivity index (χ4v) is 2.96. The summed E-state index contributed by atoms with van der Waals surface area (Å²) in [5.74, 6) is 0.587. The predicted octanol–water partition coefficient (Wildman–Crippen LogP) is 3.97. The number of nitrogens with one attached hydrogen (secondary N) is 1. The van der Waals surface area contributed by atoms with Crippen LogP contribution in [0, 0.1) is 5.82 Å². The molecule has 0 bridgehead atoms. The zero-order chi connectivity index (χ0) is 17.9. The Labute approximate surface area is 150 Å². The highest BCUT2D eigenvalue weighted by molar-refractivity contribution is 5.66. The van der Waals surface area contributed by atoms with Crippen LogP contribution in [0.1, 0.15) is 12.5 Å².